The maximum absolute atomic E-state index is 12.4. The molecule has 3 aromatic rings. The molecule has 0 bridgehead atoms. The molecule has 1 heterocycles. The van der Waals surface area contributed by atoms with Crippen LogP contribution in [0.15, 0.2) is 72.8 Å². The third kappa shape index (κ3) is 2.61. The SMILES string of the molecule is O=C1OC[C@H](Cc2ccccc2)[C@H]1c1cccc2ccccc12. The Bertz CT molecular complexity index is 833. The van der Waals surface area contributed by atoms with Gasteiger partial charge in [0.2, 0.25) is 0 Å². The van der Waals surface area contributed by atoms with E-state index in [4.69, 9.17) is 4.74 Å². The van der Waals surface area contributed by atoms with Crippen LogP contribution in [0.25, 0.3) is 10.8 Å². The van der Waals surface area contributed by atoms with Crippen LogP contribution in [0.2, 0.25) is 0 Å². The van der Waals surface area contributed by atoms with Crippen molar-refractivity contribution in [2.24, 2.45) is 5.92 Å². The number of benzene rings is 3. The summed E-state index contributed by atoms with van der Waals surface area (Å²) in [6.45, 7) is 0.502. The fourth-order valence-corrected chi connectivity index (χ4v) is 3.56. The van der Waals surface area contributed by atoms with Crippen LogP contribution >= 0.6 is 0 Å². The van der Waals surface area contributed by atoms with Crippen molar-refractivity contribution in [3.8, 4) is 0 Å². The lowest BCUT2D eigenvalue weighted by atomic mass is 9.82. The summed E-state index contributed by atoms with van der Waals surface area (Å²) in [4.78, 5) is 12.4. The average Bonchev–Trinajstić information content (AvgIpc) is 2.95. The first kappa shape index (κ1) is 14.0. The molecular weight excluding hydrogens is 284 g/mol. The van der Waals surface area contributed by atoms with Gasteiger partial charge in [0, 0.05) is 5.92 Å². The van der Waals surface area contributed by atoms with Crippen LogP contribution in [-0.2, 0) is 16.0 Å². The van der Waals surface area contributed by atoms with Gasteiger partial charge in [-0.05, 0) is 28.3 Å². The summed E-state index contributed by atoms with van der Waals surface area (Å²) in [7, 11) is 0. The van der Waals surface area contributed by atoms with Gasteiger partial charge in [0.05, 0.1) is 12.5 Å². The van der Waals surface area contributed by atoms with Crippen molar-refractivity contribution in [3.63, 3.8) is 0 Å². The normalized spacial score (nSPS) is 20.6. The highest BCUT2D eigenvalue weighted by Crippen LogP contribution is 2.37. The molecule has 114 valence electrons. The van der Waals surface area contributed by atoms with Crippen LogP contribution in [0.1, 0.15) is 17.0 Å². The summed E-state index contributed by atoms with van der Waals surface area (Å²) in [6, 6.07) is 24.7. The third-order valence-corrected chi connectivity index (χ3v) is 4.66. The van der Waals surface area contributed by atoms with Crippen molar-refractivity contribution in [1.82, 2.24) is 0 Å². The van der Waals surface area contributed by atoms with Gasteiger partial charge < -0.3 is 4.74 Å². The van der Waals surface area contributed by atoms with E-state index in [1.54, 1.807) is 0 Å². The van der Waals surface area contributed by atoms with Crippen molar-refractivity contribution in [2.75, 3.05) is 6.61 Å². The van der Waals surface area contributed by atoms with E-state index in [1.165, 1.54) is 10.9 Å². The Morgan fingerprint density at radius 3 is 2.48 bits per heavy atom. The Hall–Kier alpha value is -2.61. The largest absolute Gasteiger partial charge is 0.465 e. The number of hydrogen-bond donors (Lipinski definition) is 0. The molecule has 0 amide bonds. The first-order chi connectivity index (χ1) is 11.3. The number of carbonyl (C=O) groups excluding carboxylic acids is 1. The lowest BCUT2D eigenvalue weighted by molar-refractivity contribution is -0.139. The summed E-state index contributed by atoms with van der Waals surface area (Å²) in [5.74, 6) is -0.0840. The number of ether oxygens (including phenoxy) is 1. The fourth-order valence-electron chi connectivity index (χ4n) is 3.56. The maximum atomic E-state index is 12.4. The molecule has 4 rings (SSSR count). The molecule has 1 saturated heterocycles. The first-order valence-corrected chi connectivity index (χ1v) is 8.01. The van der Waals surface area contributed by atoms with E-state index in [0.29, 0.717) is 6.61 Å². The second kappa shape index (κ2) is 5.88. The Labute approximate surface area is 135 Å². The van der Waals surface area contributed by atoms with Crippen LogP contribution in [0.3, 0.4) is 0 Å². The number of carbonyl (C=O) groups is 1. The molecule has 2 nitrogen and oxygen atoms in total. The van der Waals surface area contributed by atoms with E-state index >= 15 is 0 Å². The second-order valence-corrected chi connectivity index (χ2v) is 6.13. The zero-order valence-electron chi connectivity index (χ0n) is 12.8. The van der Waals surface area contributed by atoms with Crippen molar-refractivity contribution in [1.29, 1.82) is 0 Å². The molecule has 23 heavy (non-hydrogen) atoms. The highest BCUT2D eigenvalue weighted by molar-refractivity contribution is 5.92. The number of fused-ring (bicyclic) bond motifs is 1. The number of cyclic esters (lactones) is 1. The van der Waals surface area contributed by atoms with Crippen molar-refractivity contribution in [3.05, 3.63) is 83.9 Å². The predicted octanol–water partition coefficient (Wildman–Crippen LogP) is 4.34. The van der Waals surface area contributed by atoms with Crippen LogP contribution in [0.4, 0.5) is 0 Å². The van der Waals surface area contributed by atoms with Gasteiger partial charge in [-0.25, -0.2) is 0 Å². The van der Waals surface area contributed by atoms with Gasteiger partial charge in [-0.2, -0.15) is 0 Å². The minimum Gasteiger partial charge on any atom is -0.465 e. The van der Waals surface area contributed by atoms with Gasteiger partial charge in [0.1, 0.15) is 0 Å². The minimum atomic E-state index is -0.179. The standard InChI is InChI=1S/C21H18O2/c22-21-20(17(14-23-21)13-15-7-2-1-3-8-15)19-12-6-10-16-9-4-5-11-18(16)19/h1-12,17,20H,13-14H2/t17-,20-/m0/s1. The van der Waals surface area contributed by atoms with E-state index in [2.05, 4.69) is 36.4 Å². The van der Waals surface area contributed by atoms with E-state index in [1.807, 2.05) is 36.4 Å². The number of esters is 1. The monoisotopic (exact) mass is 302 g/mol. The van der Waals surface area contributed by atoms with Crippen LogP contribution in [-0.4, -0.2) is 12.6 Å². The zero-order chi connectivity index (χ0) is 15.6. The summed E-state index contributed by atoms with van der Waals surface area (Å²) >= 11 is 0. The minimum absolute atomic E-state index is 0.0951. The topological polar surface area (TPSA) is 26.3 Å². The molecule has 0 saturated carbocycles. The molecule has 0 spiro atoms. The van der Waals surface area contributed by atoms with Crippen molar-refractivity contribution in [2.45, 2.75) is 12.3 Å². The Balaban J connectivity index is 1.74. The highest BCUT2D eigenvalue weighted by Gasteiger charge is 2.38. The number of rotatable bonds is 3. The van der Waals surface area contributed by atoms with Gasteiger partial charge in [-0.1, -0.05) is 72.8 Å². The quantitative estimate of drug-likeness (QED) is 0.673. The molecule has 0 N–H and O–H groups in total. The van der Waals surface area contributed by atoms with Crippen molar-refractivity contribution < 1.29 is 9.53 Å². The number of hydrogen-bond acceptors (Lipinski definition) is 2. The van der Waals surface area contributed by atoms with Crippen molar-refractivity contribution >= 4 is 16.7 Å². The Morgan fingerprint density at radius 1 is 0.870 bits per heavy atom. The van der Waals surface area contributed by atoms with E-state index in [-0.39, 0.29) is 17.8 Å². The third-order valence-electron chi connectivity index (χ3n) is 4.66. The van der Waals surface area contributed by atoms with Gasteiger partial charge in [-0.15, -0.1) is 0 Å². The Morgan fingerprint density at radius 2 is 1.61 bits per heavy atom. The smallest absolute Gasteiger partial charge is 0.313 e. The molecule has 1 aliphatic heterocycles. The Kier molecular flexibility index (Phi) is 3.58. The first-order valence-electron chi connectivity index (χ1n) is 8.01. The lowest BCUT2D eigenvalue weighted by Gasteiger charge is -2.17. The van der Waals surface area contributed by atoms with E-state index < -0.39 is 0 Å². The molecular formula is C21H18O2. The zero-order valence-corrected chi connectivity index (χ0v) is 12.8. The van der Waals surface area contributed by atoms with Gasteiger partial charge in [0.15, 0.2) is 0 Å². The molecule has 2 atom stereocenters. The van der Waals surface area contributed by atoms with Crippen LogP contribution in [0.5, 0.6) is 0 Å². The van der Waals surface area contributed by atoms with E-state index in [9.17, 15) is 4.79 Å². The molecule has 0 unspecified atom stereocenters. The molecule has 2 heteroatoms. The van der Waals surface area contributed by atoms with Crippen LogP contribution < -0.4 is 0 Å². The second-order valence-electron chi connectivity index (χ2n) is 6.13. The van der Waals surface area contributed by atoms with E-state index in [0.717, 1.165) is 17.4 Å². The molecule has 0 radical (unpaired) electrons. The molecule has 1 aliphatic rings. The summed E-state index contributed by atoms with van der Waals surface area (Å²) in [6.07, 6.45) is 0.862. The summed E-state index contributed by atoms with van der Waals surface area (Å²) < 4.78 is 5.41. The fraction of sp³-hybridized carbons (Fsp3) is 0.190. The van der Waals surface area contributed by atoms with Gasteiger partial charge in [-0.3, -0.25) is 4.79 Å². The maximum Gasteiger partial charge on any atom is 0.313 e. The molecule has 3 aromatic carbocycles. The molecule has 0 aromatic heterocycles. The predicted molar refractivity (Wildman–Crippen MR) is 91.3 cm³/mol. The summed E-state index contributed by atoms with van der Waals surface area (Å²) in [5, 5.41) is 2.32. The summed E-state index contributed by atoms with van der Waals surface area (Å²) in [5.41, 5.74) is 2.34. The molecule has 0 aliphatic carbocycles. The highest BCUT2D eigenvalue weighted by atomic mass is 16.5. The van der Waals surface area contributed by atoms with Crippen LogP contribution in [0, 0.1) is 5.92 Å². The van der Waals surface area contributed by atoms with Gasteiger partial charge >= 0.3 is 5.97 Å². The van der Waals surface area contributed by atoms with Gasteiger partial charge in [0.25, 0.3) is 0 Å². The molecule has 1 fully saturated rings. The lowest BCUT2D eigenvalue weighted by Crippen LogP contribution is -2.16. The average molecular weight is 302 g/mol.